The fourth-order valence-corrected chi connectivity index (χ4v) is 1.99. The first kappa shape index (κ1) is 14.2. The van der Waals surface area contributed by atoms with E-state index < -0.39 is 0 Å². The fourth-order valence-electron chi connectivity index (χ4n) is 1.99. The molecule has 0 aliphatic rings. The van der Waals surface area contributed by atoms with Crippen LogP contribution in [0.25, 0.3) is 0 Å². The molecule has 0 aliphatic heterocycles. The van der Waals surface area contributed by atoms with E-state index in [1.807, 2.05) is 13.0 Å². The van der Waals surface area contributed by atoms with Crippen LogP contribution in [0.1, 0.15) is 49.7 Å². The number of rotatable bonds is 5. The van der Waals surface area contributed by atoms with Gasteiger partial charge in [0, 0.05) is 12.2 Å². The number of nitriles is 1. The van der Waals surface area contributed by atoms with E-state index in [4.69, 9.17) is 5.26 Å². The number of carbonyl (C=O) groups is 1. The zero-order chi connectivity index (χ0) is 13.5. The van der Waals surface area contributed by atoms with Gasteiger partial charge >= 0.3 is 0 Å². The average molecular weight is 245 g/mol. The summed E-state index contributed by atoms with van der Waals surface area (Å²) in [6.45, 7) is 6.26. The number of hydrogen-bond acceptors (Lipinski definition) is 3. The second kappa shape index (κ2) is 6.75. The minimum Gasteiger partial charge on any atom is -0.348 e. The summed E-state index contributed by atoms with van der Waals surface area (Å²) < 4.78 is 0. The van der Waals surface area contributed by atoms with Crippen LogP contribution in [-0.2, 0) is 0 Å². The number of nitrogens with zero attached hydrogens (tertiary/aromatic N) is 2. The van der Waals surface area contributed by atoms with Gasteiger partial charge in [0.2, 0.25) is 0 Å². The SMILES string of the molecule is CCC(CC)C(C)NC(=O)c1ccc(C#N)cn1. The molecule has 0 fully saturated rings. The van der Waals surface area contributed by atoms with Crippen molar-refractivity contribution in [2.45, 2.75) is 39.7 Å². The molecular formula is C14H19N3O. The van der Waals surface area contributed by atoms with Crippen LogP contribution in [0.4, 0.5) is 0 Å². The summed E-state index contributed by atoms with van der Waals surface area (Å²) >= 11 is 0. The highest BCUT2D eigenvalue weighted by atomic mass is 16.1. The third kappa shape index (κ3) is 3.56. The Hall–Kier alpha value is -1.89. The van der Waals surface area contributed by atoms with Crippen LogP contribution in [0.2, 0.25) is 0 Å². The van der Waals surface area contributed by atoms with Crippen LogP contribution >= 0.6 is 0 Å². The predicted molar refractivity (Wildman–Crippen MR) is 70.0 cm³/mol. The van der Waals surface area contributed by atoms with E-state index in [0.717, 1.165) is 12.8 Å². The normalized spacial score (nSPS) is 11.9. The maximum atomic E-state index is 11.9. The number of amides is 1. The lowest BCUT2D eigenvalue weighted by Crippen LogP contribution is -2.38. The maximum Gasteiger partial charge on any atom is 0.270 e. The predicted octanol–water partition coefficient (Wildman–Crippen LogP) is 2.51. The number of aromatic nitrogens is 1. The molecule has 0 aromatic carbocycles. The van der Waals surface area contributed by atoms with Gasteiger partial charge in [0.05, 0.1) is 5.56 Å². The molecule has 1 heterocycles. The lowest BCUT2D eigenvalue weighted by molar-refractivity contribution is 0.0920. The maximum absolute atomic E-state index is 11.9. The van der Waals surface area contributed by atoms with E-state index in [-0.39, 0.29) is 11.9 Å². The summed E-state index contributed by atoms with van der Waals surface area (Å²) in [4.78, 5) is 15.9. The molecule has 1 N–H and O–H groups in total. The zero-order valence-corrected chi connectivity index (χ0v) is 11.1. The van der Waals surface area contributed by atoms with Gasteiger partial charge < -0.3 is 5.32 Å². The second-order valence-corrected chi connectivity index (χ2v) is 4.38. The largest absolute Gasteiger partial charge is 0.348 e. The molecule has 96 valence electrons. The molecule has 0 aliphatic carbocycles. The quantitative estimate of drug-likeness (QED) is 0.866. The van der Waals surface area contributed by atoms with Crippen molar-refractivity contribution < 1.29 is 4.79 Å². The standard InChI is InChI=1S/C14H19N3O/c1-4-12(5-2)10(3)17-14(18)13-7-6-11(8-15)9-16-13/h6-7,9-10,12H,4-5H2,1-3H3,(H,17,18). The van der Waals surface area contributed by atoms with Gasteiger partial charge in [-0.15, -0.1) is 0 Å². The monoisotopic (exact) mass is 245 g/mol. The van der Waals surface area contributed by atoms with Crippen molar-refractivity contribution in [3.05, 3.63) is 29.6 Å². The average Bonchev–Trinajstić information content (AvgIpc) is 2.40. The lowest BCUT2D eigenvalue weighted by atomic mass is 9.95. The first-order valence-electron chi connectivity index (χ1n) is 6.29. The van der Waals surface area contributed by atoms with E-state index in [2.05, 4.69) is 24.1 Å². The first-order valence-corrected chi connectivity index (χ1v) is 6.29. The van der Waals surface area contributed by atoms with Crippen molar-refractivity contribution in [3.8, 4) is 6.07 Å². The first-order chi connectivity index (χ1) is 8.62. The van der Waals surface area contributed by atoms with Crippen molar-refractivity contribution in [2.24, 2.45) is 5.92 Å². The molecule has 0 radical (unpaired) electrons. The molecule has 1 aromatic heterocycles. The summed E-state index contributed by atoms with van der Waals surface area (Å²) in [6.07, 6.45) is 3.49. The molecule has 1 aromatic rings. The van der Waals surface area contributed by atoms with Crippen molar-refractivity contribution in [3.63, 3.8) is 0 Å². The van der Waals surface area contributed by atoms with Gasteiger partial charge in [-0.05, 0) is 25.0 Å². The lowest BCUT2D eigenvalue weighted by Gasteiger charge is -2.22. The van der Waals surface area contributed by atoms with E-state index >= 15 is 0 Å². The number of hydrogen-bond donors (Lipinski definition) is 1. The summed E-state index contributed by atoms with van der Waals surface area (Å²) in [7, 11) is 0. The topological polar surface area (TPSA) is 65.8 Å². The zero-order valence-electron chi connectivity index (χ0n) is 11.1. The molecule has 18 heavy (non-hydrogen) atoms. The van der Waals surface area contributed by atoms with Gasteiger partial charge in [0.15, 0.2) is 0 Å². The Labute approximate surface area is 108 Å². The van der Waals surface area contributed by atoms with Gasteiger partial charge in [-0.3, -0.25) is 4.79 Å². The van der Waals surface area contributed by atoms with E-state index in [1.54, 1.807) is 12.1 Å². The second-order valence-electron chi connectivity index (χ2n) is 4.38. The fraction of sp³-hybridized carbons (Fsp3) is 0.500. The molecular weight excluding hydrogens is 226 g/mol. The van der Waals surface area contributed by atoms with Crippen molar-refractivity contribution in [1.82, 2.24) is 10.3 Å². The summed E-state index contributed by atoms with van der Waals surface area (Å²) in [5, 5.41) is 11.6. The molecule has 1 atom stereocenters. The van der Waals surface area contributed by atoms with Gasteiger partial charge in [0.25, 0.3) is 5.91 Å². The highest BCUT2D eigenvalue weighted by Gasteiger charge is 2.17. The van der Waals surface area contributed by atoms with Crippen LogP contribution in [0.3, 0.4) is 0 Å². The molecule has 0 spiro atoms. The molecule has 0 saturated heterocycles. The van der Waals surface area contributed by atoms with Gasteiger partial charge in [-0.1, -0.05) is 26.7 Å². The minimum absolute atomic E-state index is 0.130. The van der Waals surface area contributed by atoms with Gasteiger partial charge in [-0.25, -0.2) is 4.98 Å². The Morgan fingerprint density at radius 3 is 2.56 bits per heavy atom. The highest BCUT2D eigenvalue weighted by molar-refractivity contribution is 5.92. The number of carbonyl (C=O) groups excluding carboxylic acids is 1. The molecule has 0 bridgehead atoms. The van der Waals surface area contributed by atoms with Gasteiger partial charge in [0.1, 0.15) is 11.8 Å². The molecule has 1 rings (SSSR count). The van der Waals surface area contributed by atoms with Crippen LogP contribution in [0.5, 0.6) is 0 Å². The Morgan fingerprint density at radius 2 is 2.11 bits per heavy atom. The Kier molecular flexibility index (Phi) is 5.31. The Balaban J connectivity index is 2.67. The minimum atomic E-state index is -0.182. The third-order valence-electron chi connectivity index (χ3n) is 3.24. The van der Waals surface area contributed by atoms with Crippen LogP contribution in [-0.4, -0.2) is 16.9 Å². The summed E-state index contributed by atoms with van der Waals surface area (Å²) in [5.41, 5.74) is 0.811. The highest BCUT2D eigenvalue weighted by Crippen LogP contribution is 2.13. The summed E-state index contributed by atoms with van der Waals surface area (Å²) in [6, 6.07) is 5.28. The molecule has 4 heteroatoms. The van der Waals surface area contributed by atoms with Gasteiger partial charge in [-0.2, -0.15) is 5.26 Å². The molecule has 1 unspecified atom stereocenters. The summed E-state index contributed by atoms with van der Waals surface area (Å²) in [5.74, 6) is 0.297. The molecule has 4 nitrogen and oxygen atoms in total. The van der Waals surface area contributed by atoms with Crippen LogP contribution in [0, 0.1) is 17.2 Å². The number of nitrogens with one attached hydrogen (secondary N) is 1. The van der Waals surface area contributed by atoms with Crippen LogP contribution in [0.15, 0.2) is 18.3 Å². The van der Waals surface area contributed by atoms with E-state index in [1.165, 1.54) is 6.20 Å². The van der Waals surface area contributed by atoms with E-state index in [9.17, 15) is 4.79 Å². The Bertz CT molecular complexity index is 429. The smallest absolute Gasteiger partial charge is 0.270 e. The van der Waals surface area contributed by atoms with Crippen LogP contribution < -0.4 is 5.32 Å². The third-order valence-corrected chi connectivity index (χ3v) is 3.24. The van der Waals surface area contributed by atoms with Crippen molar-refractivity contribution in [1.29, 1.82) is 5.26 Å². The van der Waals surface area contributed by atoms with Crippen molar-refractivity contribution >= 4 is 5.91 Å². The Morgan fingerprint density at radius 1 is 1.44 bits per heavy atom. The molecule has 0 saturated carbocycles. The number of pyridine rings is 1. The van der Waals surface area contributed by atoms with Crippen molar-refractivity contribution in [2.75, 3.05) is 0 Å². The molecule has 1 amide bonds. The van der Waals surface area contributed by atoms with E-state index in [0.29, 0.717) is 17.2 Å².